The van der Waals surface area contributed by atoms with Crippen molar-refractivity contribution in [2.45, 2.75) is 16.5 Å². The Bertz CT molecular complexity index is 125. The average molecular weight is 168 g/mol. The Morgan fingerprint density at radius 1 is 1.56 bits per heavy atom. The summed E-state index contributed by atoms with van der Waals surface area (Å²) in [5.74, 6) is 0. The van der Waals surface area contributed by atoms with Crippen molar-refractivity contribution in [2.75, 3.05) is 13.2 Å². The quantitative estimate of drug-likeness (QED) is 0.532. The Morgan fingerprint density at radius 2 is 2.33 bits per heavy atom. The second-order valence-electron chi connectivity index (χ2n) is 2.40. The molecule has 1 heterocycles. The lowest BCUT2D eigenvalue weighted by Gasteiger charge is -2.08. The van der Waals surface area contributed by atoms with Crippen LogP contribution in [-0.2, 0) is 4.74 Å². The molecule has 0 amide bonds. The monoisotopic (exact) mass is 167 g/mol. The summed E-state index contributed by atoms with van der Waals surface area (Å²) in [6.45, 7) is 1.59. The van der Waals surface area contributed by atoms with E-state index in [2.05, 4.69) is 5.32 Å². The lowest BCUT2D eigenvalue weighted by atomic mass is 10.5. The van der Waals surface area contributed by atoms with E-state index < -0.39 is 4.33 Å². The smallest absolute Gasteiger partial charge is 0.163 e. The van der Waals surface area contributed by atoms with E-state index in [0.29, 0.717) is 0 Å². The topological polar surface area (TPSA) is 21.3 Å². The van der Waals surface area contributed by atoms with Gasteiger partial charge in [-0.3, -0.25) is 0 Å². The maximum absolute atomic E-state index is 5.79. The number of nitrogens with one attached hydrogen (secondary N) is 1. The first-order valence-electron chi connectivity index (χ1n) is 2.96. The fraction of sp³-hybridized carbons (Fsp3) is 1.00. The van der Waals surface area contributed by atoms with Crippen LogP contribution >= 0.6 is 23.2 Å². The molecule has 1 N–H and O–H groups in total. The normalized spacial score (nSPS) is 46.0. The van der Waals surface area contributed by atoms with Crippen molar-refractivity contribution >= 4 is 23.2 Å². The van der Waals surface area contributed by atoms with Gasteiger partial charge < -0.3 is 10.1 Å². The van der Waals surface area contributed by atoms with Gasteiger partial charge in [-0.05, 0) is 0 Å². The minimum Gasteiger partial charge on any atom is -0.372 e. The van der Waals surface area contributed by atoms with Crippen LogP contribution in [0.15, 0.2) is 0 Å². The molecule has 0 aromatic heterocycles. The summed E-state index contributed by atoms with van der Waals surface area (Å²) in [6, 6.07) is 0.176. The zero-order chi connectivity index (χ0) is 6.48. The molecular weight excluding hydrogens is 161 g/mol. The minimum atomic E-state index is -0.642. The maximum Gasteiger partial charge on any atom is 0.163 e. The molecule has 0 aromatic carbocycles. The zero-order valence-electron chi connectivity index (χ0n) is 4.73. The lowest BCUT2D eigenvalue weighted by Crippen LogP contribution is -2.31. The predicted molar refractivity (Wildman–Crippen MR) is 36.0 cm³/mol. The highest BCUT2D eigenvalue weighted by molar-refractivity contribution is 6.52. The van der Waals surface area contributed by atoms with E-state index in [4.69, 9.17) is 27.9 Å². The van der Waals surface area contributed by atoms with Crippen LogP contribution in [0.1, 0.15) is 0 Å². The summed E-state index contributed by atoms with van der Waals surface area (Å²) in [5.41, 5.74) is 0. The molecule has 1 saturated heterocycles. The molecule has 2 fully saturated rings. The van der Waals surface area contributed by atoms with Gasteiger partial charge in [0.15, 0.2) is 4.33 Å². The van der Waals surface area contributed by atoms with E-state index in [0.717, 1.165) is 13.2 Å². The number of ether oxygens (including phenoxy) is 1. The van der Waals surface area contributed by atoms with Crippen LogP contribution in [0.4, 0.5) is 0 Å². The van der Waals surface area contributed by atoms with Crippen LogP contribution in [0.3, 0.4) is 0 Å². The largest absolute Gasteiger partial charge is 0.372 e. The third kappa shape index (κ3) is 0.777. The summed E-state index contributed by atoms with van der Waals surface area (Å²) < 4.78 is 4.60. The number of hydrogen-bond acceptors (Lipinski definition) is 2. The van der Waals surface area contributed by atoms with Gasteiger partial charge in [-0.25, -0.2) is 0 Å². The summed E-state index contributed by atoms with van der Waals surface area (Å²) in [5, 5.41) is 3.16. The van der Waals surface area contributed by atoms with Crippen molar-refractivity contribution in [2.24, 2.45) is 0 Å². The van der Waals surface area contributed by atoms with E-state index in [9.17, 15) is 0 Å². The van der Waals surface area contributed by atoms with Crippen LogP contribution in [0.5, 0.6) is 0 Å². The molecule has 2 unspecified atom stereocenters. The van der Waals surface area contributed by atoms with Crippen molar-refractivity contribution in [3.63, 3.8) is 0 Å². The third-order valence-electron chi connectivity index (χ3n) is 1.75. The second-order valence-corrected chi connectivity index (χ2v) is 3.84. The van der Waals surface area contributed by atoms with Crippen molar-refractivity contribution < 1.29 is 4.74 Å². The van der Waals surface area contributed by atoms with Crippen LogP contribution in [-0.4, -0.2) is 29.6 Å². The van der Waals surface area contributed by atoms with E-state index in [1.807, 2.05) is 0 Å². The highest BCUT2D eigenvalue weighted by Gasteiger charge is 2.65. The Morgan fingerprint density at radius 3 is 2.78 bits per heavy atom. The average Bonchev–Trinajstić information content (AvgIpc) is 2.39. The van der Waals surface area contributed by atoms with Gasteiger partial charge in [0.25, 0.3) is 0 Å². The van der Waals surface area contributed by atoms with Gasteiger partial charge in [-0.1, -0.05) is 23.2 Å². The molecule has 0 bridgehead atoms. The minimum absolute atomic E-state index is 0.0367. The molecule has 52 valence electrons. The summed E-state index contributed by atoms with van der Waals surface area (Å²) in [4.78, 5) is 0. The van der Waals surface area contributed by atoms with Gasteiger partial charge in [0.1, 0.15) is 6.10 Å². The fourth-order valence-corrected chi connectivity index (χ4v) is 1.78. The molecule has 2 aliphatic rings. The van der Waals surface area contributed by atoms with Gasteiger partial charge in [-0.2, -0.15) is 0 Å². The van der Waals surface area contributed by atoms with Gasteiger partial charge in [0.2, 0.25) is 0 Å². The summed E-state index contributed by atoms with van der Waals surface area (Å²) in [6.07, 6.45) is 0.0367. The number of hydrogen-bond donors (Lipinski definition) is 1. The number of rotatable bonds is 0. The molecule has 2 nitrogen and oxygen atoms in total. The molecule has 0 aromatic rings. The fourth-order valence-electron chi connectivity index (χ4n) is 1.15. The Balaban J connectivity index is 2.06. The second kappa shape index (κ2) is 1.76. The zero-order valence-corrected chi connectivity index (χ0v) is 6.24. The van der Waals surface area contributed by atoms with E-state index in [-0.39, 0.29) is 12.1 Å². The van der Waals surface area contributed by atoms with Gasteiger partial charge in [0.05, 0.1) is 12.6 Å². The third-order valence-corrected chi connectivity index (χ3v) is 2.65. The Kier molecular flexibility index (Phi) is 1.21. The highest BCUT2D eigenvalue weighted by Crippen LogP contribution is 2.50. The standard InChI is InChI=1S/C5H7Cl2NO/c6-5(7)3-4(5)9-2-1-8-3/h3-4,8H,1-2H2. The molecule has 1 aliphatic heterocycles. The first-order chi connectivity index (χ1) is 4.23. The van der Waals surface area contributed by atoms with Crippen molar-refractivity contribution in [1.29, 1.82) is 0 Å². The SMILES string of the molecule is ClC1(Cl)C2NCCOC21. The molecule has 0 radical (unpaired) electrons. The van der Waals surface area contributed by atoms with Gasteiger partial charge in [-0.15, -0.1) is 0 Å². The van der Waals surface area contributed by atoms with Crippen LogP contribution < -0.4 is 5.32 Å². The maximum atomic E-state index is 5.79. The first-order valence-corrected chi connectivity index (χ1v) is 3.71. The van der Waals surface area contributed by atoms with Crippen molar-refractivity contribution in [3.05, 3.63) is 0 Å². The molecule has 2 rings (SSSR count). The van der Waals surface area contributed by atoms with Gasteiger partial charge in [0, 0.05) is 6.54 Å². The number of fused-ring (bicyclic) bond motifs is 1. The lowest BCUT2D eigenvalue weighted by molar-refractivity contribution is 0.0913. The molecule has 2 atom stereocenters. The first kappa shape index (κ1) is 6.23. The molecular formula is C5H7Cl2NO. The molecule has 1 saturated carbocycles. The van der Waals surface area contributed by atoms with Crippen LogP contribution in [0, 0.1) is 0 Å². The molecule has 0 spiro atoms. The number of morpholine rings is 1. The number of halogens is 2. The molecule has 1 aliphatic carbocycles. The van der Waals surface area contributed by atoms with Gasteiger partial charge >= 0.3 is 0 Å². The van der Waals surface area contributed by atoms with E-state index in [1.165, 1.54) is 0 Å². The summed E-state index contributed by atoms with van der Waals surface area (Å²) in [7, 11) is 0. The highest BCUT2D eigenvalue weighted by atomic mass is 35.5. The number of alkyl halides is 2. The Labute approximate surface area is 63.5 Å². The van der Waals surface area contributed by atoms with Crippen LogP contribution in [0.25, 0.3) is 0 Å². The van der Waals surface area contributed by atoms with Crippen LogP contribution in [0.2, 0.25) is 0 Å². The van der Waals surface area contributed by atoms with Crippen molar-refractivity contribution in [3.8, 4) is 0 Å². The predicted octanol–water partition coefficient (Wildman–Crippen LogP) is 0.531. The van der Waals surface area contributed by atoms with E-state index >= 15 is 0 Å². The van der Waals surface area contributed by atoms with E-state index in [1.54, 1.807) is 0 Å². The molecule has 4 heteroatoms. The Hall–Kier alpha value is 0.500. The summed E-state index contributed by atoms with van der Waals surface area (Å²) >= 11 is 11.6. The van der Waals surface area contributed by atoms with Crippen molar-refractivity contribution in [1.82, 2.24) is 5.32 Å². The molecule has 9 heavy (non-hydrogen) atoms.